The Morgan fingerprint density at radius 2 is 2.19 bits per heavy atom. The largest absolute Gasteiger partial charge is 0.399 e. The van der Waals surface area contributed by atoms with Gasteiger partial charge >= 0.3 is 0 Å². The van der Waals surface area contributed by atoms with E-state index in [-0.39, 0.29) is 17.7 Å². The van der Waals surface area contributed by atoms with Crippen molar-refractivity contribution >= 4 is 11.6 Å². The van der Waals surface area contributed by atoms with Crippen LogP contribution in [0.25, 0.3) is 0 Å². The molecular formula is C12H17N3O. The molecule has 1 amide bonds. The van der Waals surface area contributed by atoms with Crippen LogP contribution in [0.2, 0.25) is 0 Å². The van der Waals surface area contributed by atoms with Crippen molar-refractivity contribution < 1.29 is 4.79 Å². The quantitative estimate of drug-likeness (QED) is 0.707. The first kappa shape index (κ1) is 11.0. The number of rotatable bonds is 2. The summed E-state index contributed by atoms with van der Waals surface area (Å²) >= 11 is 0. The van der Waals surface area contributed by atoms with Gasteiger partial charge in [-0.25, -0.2) is 0 Å². The third kappa shape index (κ3) is 2.02. The van der Waals surface area contributed by atoms with Crippen LogP contribution in [0.1, 0.15) is 11.5 Å². The third-order valence-electron chi connectivity index (χ3n) is 3.21. The maximum atomic E-state index is 11.4. The molecule has 1 saturated heterocycles. The summed E-state index contributed by atoms with van der Waals surface area (Å²) in [6.07, 6.45) is 0. The van der Waals surface area contributed by atoms with Crippen LogP contribution < -0.4 is 11.5 Å². The first-order valence-electron chi connectivity index (χ1n) is 5.41. The number of hydrogen-bond acceptors (Lipinski definition) is 3. The average molecular weight is 219 g/mol. The van der Waals surface area contributed by atoms with E-state index < -0.39 is 0 Å². The minimum Gasteiger partial charge on any atom is -0.399 e. The summed E-state index contributed by atoms with van der Waals surface area (Å²) in [5.41, 5.74) is 13.0. The van der Waals surface area contributed by atoms with Crippen LogP contribution in [0.5, 0.6) is 0 Å². The molecule has 1 aliphatic heterocycles. The number of carbonyl (C=O) groups is 1. The number of nitrogens with two attached hydrogens (primary N) is 2. The monoisotopic (exact) mass is 219 g/mol. The molecular weight excluding hydrogens is 202 g/mol. The van der Waals surface area contributed by atoms with E-state index in [1.165, 1.54) is 0 Å². The minimum absolute atomic E-state index is 0.105. The molecule has 0 aromatic heterocycles. The van der Waals surface area contributed by atoms with Gasteiger partial charge in [0.15, 0.2) is 0 Å². The van der Waals surface area contributed by atoms with Crippen molar-refractivity contribution in [1.29, 1.82) is 0 Å². The minimum atomic E-state index is -0.225. The van der Waals surface area contributed by atoms with Crippen molar-refractivity contribution in [3.8, 4) is 0 Å². The van der Waals surface area contributed by atoms with Crippen LogP contribution in [-0.2, 0) is 4.79 Å². The number of anilines is 1. The Morgan fingerprint density at radius 3 is 2.81 bits per heavy atom. The summed E-state index contributed by atoms with van der Waals surface area (Å²) in [6.45, 7) is 1.59. The van der Waals surface area contributed by atoms with Gasteiger partial charge in [-0.05, 0) is 24.7 Å². The van der Waals surface area contributed by atoms with Crippen molar-refractivity contribution in [3.05, 3.63) is 29.8 Å². The zero-order valence-corrected chi connectivity index (χ0v) is 9.39. The van der Waals surface area contributed by atoms with E-state index in [1.54, 1.807) is 0 Å². The molecule has 0 spiro atoms. The second-order valence-corrected chi connectivity index (χ2v) is 4.51. The molecule has 0 saturated carbocycles. The van der Waals surface area contributed by atoms with Gasteiger partial charge in [-0.15, -0.1) is 0 Å². The summed E-state index contributed by atoms with van der Waals surface area (Å²) < 4.78 is 0. The lowest BCUT2D eigenvalue weighted by Crippen LogP contribution is -2.28. The fourth-order valence-corrected chi connectivity index (χ4v) is 2.42. The number of amides is 1. The lowest BCUT2D eigenvalue weighted by atomic mass is 9.88. The molecule has 1 aliphatic rings. The average Bonchev–Trinajstić information content (AvgIpc) is 2.60. The number of likely N-dealkylation sites (N-methyl/N-ethyl adjacent to an activating group) is 1. The van der Waals surface area contributed by atoms with E-state index >= 15 is 0 Å². The van der Waals surface area contributed by atoms with Gasteiger partial charge < -0.3 is 16.4 Å². The van der Waals surface area contributed by atoms with Gasteiger partial charge in [0.05, 0.1) is 5.92 Å². The number of hydrogen-bond donors (Lipinski definition) is 2. The van der Waals surface area contributed by atoms with Gasteiger partial charge in [0.2, 0.25) is 5.91 Å². The van der Waals surface area contributed by atoms with Gasteiger partial charge in [-0.1, -0.05) is 12.1 Å². The molecule has 2 atom stereocenters. The first-order valence-corrected chi connectivity index (χ1v) is 5.41. The fraction of sp³-hybridized carbons (Fsp3) is 0.417. The second-order valence-electron chi connectivity index (χ2n) is 4.51. The van der Waals surface area contributed by atoms with E-state index in [4.69, 9.17) is 11.5 Å². The van der Waals surface area contributed by atoms with E-state index in [1.807, 2.05) is 31.3 Å². The molecule has 4 N–H and O–H groups in total. The molecule has 1 aromatic rings. The second kappa shape index (κ2) is 4.14. The van der Waals surface area contributed by atoms with E-state index in [2.05, 4.69) is 4.90 Å². The number of primary amides is 1. The Bertz CT molecular complexity index is 405. The standard InChI is InChI=1S/C12H17N3O/c1-15-6-10(11(7-15)12(14)16)8-3-2-4-9(13)5-8/h2-5,10-11H,6-7,13H2,1H3,(H2,14,16)/t10-,11+/m1/s1. The van der Waals surface area contributed by atoms with Crippen LogP contribution in [-0.4, -0.2) is 30.9 Å². The van der Waals surface area contributed by atoms with E-state index in [0.29, 0.717) is 0 Å². The highest BCUT2D eigenvalue weighted by atomic mass is 16.1. The van der Waals surface area contributed by atoms with Gasteiger partial charge in [-0.2, -0.15) is 0 Å². The fourth-order valence-electron chi connectivity index (χ4n) is 2.42. The molecule has 4 nitrogen and oxygen atoms in total. The summed E-state index contributed by atoms with van der Waals surface area (Å²) in [4.78, 5) is 13.5. The molecule has 0 aliphatic carbocycles. The lowest BCUT2D eigenvalue weighted by molar-refractivity contribution is -0.121. The number of likely N-dealkylation sites (tertiary alicyclic amines) is 1. The first-order chi connectivity index (χ1) is 7.58. The number of benzene rings is 1. The number of carbonyl (C=O) groups excluding carboxylic acids is 1. The predicted molar refractivity (Wildman–Crippen MR) is 63.8 cm³/mol. The van der Waals surface area contributed by atoms with Gasteiger partial charge in [0.25, 0.3) is 0 Å². The molecule has 4 heteroatoms. The van der Waals surface area contributed by atoms with Crippen LogP contribution in [0.4, 0.5) is 5.69 Å². The Kier molecular flexibility index (Phi) is 2.83. The highest BCUT2D eigenvalue weighted by Crippen LogP contribution is 2.32. The lowest BCUT2D eigenvalue weighted by Gasteiger charge is -2.16. The summed E-state index contributed by atoms with van der Waals surface area (Å²) in [7, 11) is 2.00. The number of nitrogens with zero attached hydrogens (tertiary/aromatic N) is 1. The Hall–Kier alpha value is -1.55. The third-order valence-corrected chi connectivity index (χ3v) is 3.21. The maximum Gasteiger partial charge on any atom is 0.222 e. The smallest absolute Gasteiger partial charge is 0.222 e. The van der Waals surface area contributed by atoms with Crippen LogP contribution in [0.15, 0.2) is 24.3 Å². The van der Waals surface area contributed by atoms with Gasteiger partial charge in [0, 0.05) is 24.7 Å². The van der Waals surface area contributed by atoms with Crippen molar-refractivity contribution in [2.75, 3.05) is 25.9 Å². The van der Waals surface area contributed by atoms with E-state index in [9.17, 15) is 4.79 Å². The SMILES string of the molecule is CN1C[C@H](C(N)=O)[C@@H](c2cccc(N)c2)C1. The predicted octanol–water partition coefficient (Wildman–Crippen LogP) is 0.399. The highest BCUT2D eigenvalue weighted by molar-refractivity contribution is 5.78. The van der Waals surface area contributed by atoms with Crippen molar-refractivity contribution in [2.45, 2.75) is 5.92 Å². The molecule has 1 heterocycles. The zero-order valence-electron chi connectivity index (χ0n) is 9.39. The Morgan fingerprint density at radius 1 is 1.44 bits per heavy atom. The molecule has 86 valence electrons. The topological polar surface area (TPSA) is 72.3 Å². The maximum absolute atomic E-state index is 11.4. The summed E-state index contributed by atoms with van der Waals surface area (Å²) in [6, 6.07) is 7.71. The van der Waals surface area contributed by atoms with Gasteiger partial charge in [-0.3, -0.25) is 4.79 Å². The molecule has 0 bridgehead atoms. The normalized spacial score (nSPS) is 25.8. The van der Waals surface area contributed by atoms with Crippen LogP contribution >= 0.6 is 0 Å². The van der Waals surface area contributed by atoms with Crippen LogP contribution in [0.3, 0.4) is 0 Å². The molecule has 0 radical (unpaired) electrons. The molecule has 1 fully saturated rings. The van der Waals surface area contributed by atoms with Crippen molar-refractivity contribution in [2.24, 2.45) is 11.7 Å². The zero-order chi connectivity index (χ0) is 11.7. The molecule has 0 unspecified atom stereocenters. The van der Waals surface area contributed by atoms with Gasteiger partial charge in [0.1, 0.15) is 0 Å². The van der Waals surface area contributed by atoms with Crippen molar-refractivity contribution in [3.63, 3.8) is 0 Å². The Balaban J connectivity index is 2.28. The summed E-state index contributed by atoms with van der Waals surface area (Å²) in [5.74, 6) is -0.158. The van der Waals surface area contributed by atoms with E-state index in [0.717, 1.165) is 24.3 Å². The summed E-state index contributed by atoms with van der Waals surface area (Å²) in [5, 5.41) is 0. The van der Waals surface area contributed by atoms with Crippen LogP contribution in [0, 0.1) is 5.92 Å². The molecule has 16 heavy (non-hydrogen) atoms. The number of nitrogen functional groups attached to an aromatic ring is 1. The highest BCUT2D eigenvalue weighted by Gasteiger charge is 2.35. The molecule has 2 rings (SSSR count). The van der Waals surface area contributed by atoms with Crippen molar-refractivity contribution in [1.82, 2.24) is 4.90 Å². The molecule has 1 aromatic carbocycles. The Labute approximate surface area is 95.2 Å².